The van der Waals surface area contributed by atoms with E-state index in [1.165, 1.54) is 5.56 Å². The Kier molecular flexibility index (Phi) is 4.29. The Balaban J connectivity index is 2.89. The van der Waals surface area contributed by atoms with Crippen LogP contribution in [-0.2, 0) is 10.2 Å². The van der Waals surface area contributed by atoms with E-state index in [1.54, 1.807) is 0 Å². The summed E-state index contributed by atoms with van der Waals surface area (Å²) >= 11 is 0. The molecule has 1 aromatic rings. The molecule has 94 valence electrons. The number of hydrogen-bond donors (Lipinski definition) is 2. The fourth-order valence-electron chi connectivity index (χ4n) is 1.80. The van der Waals surface area contributed by atoms with Crippen LogP contribution in [0.5, 0.6) is 0 Å². The van der Waals surface area contributed by atoms with Gasteiger partial charge in [-0.05, 0) is 23.1 Å². The second-order valence-electron chi connectivity index (χ2n) is 5.40. The summed E-state index contributed by atoms with van der Waals surface area (Å²) in [6.45, 7) is 6.82. The number of hydrogen-bond acceptors (Lipinski definition) is 2. The molecule has 0 amide bonds. The van der Waals surface area contributed by atoms with Crippen molar-refractivity contribution in [2.75, 3.05) is 6.54 Å². The number of benzene rings is 1. The Morgan fingerprint density at radius 2 is 1.82 bits per heavy atom. The summed E-state index contributed by atoms with van der Waals surface area (Å²) in [7, 11) is 0. The molecule has 3 nitrogen and oxygen atoms in total. The van der Waals surface area contributed by atoms with Gasteiger partial charge in [0.2, 0.25) is 0 Å². The fraction of sp³-hybridized carbons (Fsp3) is 0.500. The minimum atomic E-state index is -0.805. The molecule has 3 heteroatoms. The quantitative estimate of drug-likeness (QED) is 0.842. The van der Waals surface area contributed by atoms with E-state index in [1.807, 2.05) is 12.1 Å². The minimum absolute atomic E-state index is 0.0887. The second kappa shape index (κ2) is 5.32. The molecule has 0 heterocycles. The highest BCUT2D eigenvalue weighted by Crippen LogP contribution is 2.25. The van der Waals surface area contributed by atoms with Crippen molar-refractivity contribution in [1.29, 1.82) is 0 Å². The Morgan fingerprint density at radius 3 is 2.18 bits per heavy atom. The maximum absolute atomic E-state index is 10.7. The topological polar surface area (TPSA) is 63.3 Å². The molecule has 0 aliphatic carbocycles. The van der Waals surface area contributed by atoms with Crippen LogP contribution in [0.3, 0.4) is 0 Å². The van der Waals surface area contributed by atoms with Crippen molar-refractivity contribution >= 4 is 5.97 Å². The van der Waals surface area contributed by atoms with Gasteiger partial charge in [0.25, 0.3) is 0 Å². The van der Waals surface area contributed by atoms with Crippen LogP contribution in [0.15, 0.2) is 24.3 Å². The van der Waals surface area contributed by atoms with E-state index < -0.39 is 5.97 Å². The fourth-order valence-corrected chi connectivity index (χ4v) is 1.80. The number of carbonyl (C=O) groups is 1. The third-order valence-corrected chi connectivity index (χ3v) is 2.95. The van der Waals surface area contributed by atoms with Crippen LogP contribution >= 0.6 is 0 Å². The Morgan fingerprint density at radius 1 is 1.29 bits per heavy atom. The van der Waals surface area contributed by atoms with Gasteiger partial charge in [0.15, 0.2) is 0 Å². The van der Waals surface area contributed by atoms with Crippen LogP contribution in [0.4, 0.5) is 0 Å². The van der Waals surface area contributed by atoms with Gasteiger partial charge < -0.3 is 10.8 Å². The van der Waals surface area contributed by atoms with Crippen LogP contribution in [0.2, 0.25) is 0 Å². The maximum atomic E-state index is 10.7. The lowest BCUT2D eigenvalue weighted by Gasteiger charge is -2.20. The molecular formula is C14H21NO2. The summed E-state index contributed by atoms with van der Waals surface area (Å²) in [5, 5.41) is 8.80. The second-order valence-corrected chi connectivity index (χ2v) is 5.40. The molecule has 0 bridgehead atoms. The van der Waals surface area contributed by atoms with E-state index in [-0.39, 0.29) is 17.8 Å². The van der Waals surface area contributed by atoms with E-state index in [0.717, 1.165) is 5.56 Å². The molecule has 0 saturated carbocycles. The smallest absolute Gasteiger partial charge is 0.304 e. The van der Waals surface area contributed by atoms with Crippen molar-refractivity contribution in [2.24, 2.45) is 5.73 Å². The van der Waals surface area contributed by atoms with E-state index in [2.05, 4.69) is 32.9 Å². The highest BCUT2D eigenvalue weighted by Gasteiger charge is 2.16. The first-order valence-electron chi connectivity index (χ1n) is 5.87. The van der Waals surface area contributed by atoms with E-state index in [4.69, 9.17) is 10.8 Å². The number of rotatable bonds is 4. The van der Waals surface area contributed by atoms with Gasteiger partial charge in [-0.15, -0.1) is 0 Å². The molecule has 0 aliphatic rings. The van der Waals surface area contributed by atoms with Gasteiger partial charge in [0, 0.05) is 5.92 Å². The molecular weight excluding hydrogens is 214 g/mol. The standard InChI is InChI=1S/C14H21NO2/c1-14(2,3)12-6-4-10(5-7-12)11(9-15)8-13(16)17/h4-7,11H,8-9,15H2,1-3H3,(H,16,17). The molecule has 0 aliphatic heterocycles. The molecule has 1 unspecified atom stereocenters. The molecule has 0 radical (unpaired) electrons. The van der Waals surface area contributed by atoms with E-state index in [9.17, 15) is 4.79 Å². The Hall–Kier alpha value is -1.35. The van der Waals surface area contributed by atoms with Gasteiger partial charge in [-0.25, -0.2) is 0 Å². The zero-order chi connectivity index (χ0) is 13.1. The molecule has 0 fully saturated rings. The zero-order valence-electron chi connectivity index (χ0n) is 10.7. The summed E-state index contributed by atoms with van der Waals surface area (Å²) in [6, 6.07) is 8.09. The molecule has 3 N–H and O–H groups in total. The number of carboxylic acids is 1. The zero-order valence-corrected chi connectivity index (χ0v) is 10.7. The summed E-state index contributed by atoms with van der Waals surface area (Å²) < 4.78 is 0. The molecule has 1 rings (SSSR count). The first kappa shape index (κ1) is 13.7. The van der Waals surface area contributed by atoms with Crippen LogP contribution in [0.25, 0.3) is 0 Å². The van der Waals surface area contributed by atoms with E-state index >= 15 is 0 Å². The molecule has 0 aromatic heterocycles. The monoisotopic (exact) mass is 235 g/mol. The molecule has 17 heavy (non-hydrogen) atoms. The van der Waals surface area contributed by atoms with Crippen molar-refractivity contribution < 1.29 is 9.90 Å². The van der Waals surface area contributed by atoms with Gasteiger partial charge in [-0.3, -0.25) is 4.79 Å². The SMILES string of the molecule is CC(C)(C)c1ccc(C(CN)CC(=O)O)cc1. The van der Waals surface area contributed by atoms with Gasteiger partial charge >= 0.3 is 5.97 Å². The third-order valence-electron chi connectivity index (χ3n) is 2.95. The lowest BCUT2D eigenvalue weighted by atomic mass is 9.85. The largest absolute Gasteiger partial charge is 0.481 e. The van der Waals surface area contributed by atoms with Crippen LogP contribution in [-0.4, -0.2) is 17.6 Å². The lowest BCUT2D eigenvalue weighted by Crippen LogP contribution is -2.17. The third kappa shape index (κ3) is 3.86. The lowest BCUT2D eigenvalue weighted by molar-refractivity contribution is -0.137. The van der Waals surface area contributed by atoms with Crippen molar-refractivity contribution in [1.82, 2.24) is 0 Å². The van der Waals surface area contributed by atoms with Crippen molar-refractivity contribution in [3.63, 3.8) is 0 Å². The maximum Gasteiger partial charge on any atom is 0.304 e. The molecule has 0 spiro atoms. The number of aliphatic carboxylic acids is 1. The van der Waals surface area contributed by atoms with Crippen molar-refractivity contribution in [3.8, 4) is 0 Å². The molecule has 0 saturated heterocycles. The minimum Gasteiger partial charge on any atom is -0.481 e. The molecule has 1 aromatic carbocycles. The van der Waals surface area contributed by atoms with E-state index in [0.29, 0.717) is 6.54 Å². The summed E-state index contributed by atoms with van der Waals surface area (Å²) in [5.74, 6) is -0.901. The normalized spacial score (nSPS) is 13.4. The van der Waals surface area contributed by atoms with Gasteiger partial charge in [0.1, 0.15) is 0 Å². The van der Waals surface area contributed by atoms with Crippen molar-refractivity contribution in [3.05, 3.63) is 35.4 Å². The predicted molar refractivity (Wildman–Crippen MR) is 69.2 cm³/mol. The Bertz CT molecular complexity index is 376. The number of nitrogens with two attached hydrogens (primary N) is 1. The average Bonchev–Trinajstić information content (AvgIpc) is 2.24. The van der Waals surface area contributed by atoms with Crippen LogP contribution < -0.4 is 5.73 Å². The Labute approximate surface area is 103 Å². The summed E-state index contributed by atoms with van der Waals surface area (Å²) in [6.07, 6.45) is 0.0887. The van der Waals surface area contributed by atoms with Crippen LogP contribution in [0.1, 0.15) is 44.2 Å². The van der Waals surface area contributed by atoms with Gasteiger partial charge in [-0.2, -0.15) is 0 Å². The summed E-state index contributed by atoms with van der Waals surface area (Å²) in [5.41, 5.74) is 7.97. The number of carboxylic acid groups (broad SMARTS) is 1. The highest BCUT2D eigenvalue weighted by molar-refractivity contribution is 5.68. The van der Waals surface area contributed by atoms with Crippen molar-refractivity contribution in [2.45, 2.75) is 38.5 Å². The highest BCUT2D eigenvalue weighted by atomic mass is 16.4. The van der Waals surface area contributed by atoms with Gasteiger partial charge in [-0.1, -0.05) is 45.0 Å². The first-order chi connectivity index (χ1) is 7.84. The van der Waals surface area contributed by atoms with Gasteiger partial charge in [0.05, 0.1) is 6.42 Å². The first-order valence-corrected chi connectivity index (χ1v) is 5.87. The summed E-state index contributed by atoms with van der Waals surface area (Å²) in [4.78, 5) is 10.7. The predicted octanol–water partition coefficient (Wildman–Crippen LogP) is 2.50. The van der Waals surface area contributed by atoms with Crippen LogP contribution in [0, 0.1) is 0 Å². The average molecular weight is 235 g/mol. The molecule has 1 atom stereocenters.